The predicted molar refractivity (Wildman–Crippen MR) is 69.0 cm³/mol. The Morgan fingerprint density at radius 1 is 1.47 bits per heavy atom. The minimum absolute atomic E-state index is 0.166. The Kier molecular flexibility index (Phi) is 4.16. The van der Waals surface area contributed by atoms with Gasteiger partial charge in [-0.2, -0.15) is 0 Å². The number of hydrogen-bond donors (Lipinski definition) is 2. The smallest absolute Gasteiger partial charge is 0.326 e. The Bertz CT molecular complexity index is 486. The van der Waals surface area contributed by atoms with Crippen molar-refractivity contribution in [1.29, 1.82) is 0 Å². The molecule has 1 aliphatic rings. The molecule has 0 spiro atoms. The van der Waals surface area contributed by atoms with Crippen LogP contribution >= 0.6 is 11.3 Å². The molecule has 0 saturated carbocycles. The van der Waals surface area contributed by atoms with Crippen molar-refractivity contribution in [3.05, 3.63) is 22.4 Å². The zero-order valence-corrected chi connectivity index (χ0v) is 11.0. The fourth-order valence-electron chi connectivity index (χ4n) is 2.07. The van der Waals surface area contributed by atoms with Gasteiger partial charge < -0.3 is 15.3 Å². The third kappa shape index (κ3) is 3.11. The maximum atomic E-state index is 11.9. The Labute approximate surface area is 114 Å². The summed E-state index contributed by atoms with van der Waals surface area (Å²) in [6, 6.07) is 2.66. The number of rotatable bonds is 4. The number of hydrogen-bond acceptors (Lipinski definition) is 4. The van der Waals surface area contributed by atoms with Crippen molar-refractivity contribution in [2.75, 3.05) is 13.1 Å². The molecule has 0 radical (unpaired) electrons. The van der Waals surface area contributed by atoms with E-state index in [9.17, 15) is 14.4 Å². The Morgan fingerprint density at radius 2 is 2.26 bits per heavy atom. The standard InChI is InChI=1S/C12H14N2O4S/c15-10(14-5-1-3-8(14)12(17)18)7-13-11(16)9-4-2-6-19-9/h2,4,6,8H,1,3,5,7H2,(H,13,16)(H,17,18). The quantitative estimate of drug-likeness (QED) is 0.844. The zero-order chi connectivity index (χ0) is 13.8. The van der Waals surface area contributed by atoms with E-state index in [4.69, 9.17) is 5.11 Å². The van der Waals surface area contributed by atoms with Crippen LogP contribution in [0.4, 0.5) is 0 Å². The van der Waals surface area contributed by atoms with Crippen LogP contribution in [-0.4, -0.2) is 46.9 Å². The second-order valence-corrected chi connectivity index (χ2v) is 5.19. The summed E-state index contributed by atoms with van der Waals surface area (Å²) in [5.74, 6) is -1.65. The molecule has 1 aromatic heterocycles. The maximum absolute atomic E-state index is 11.9. The lowest BCUT2D eigenvalue weighted by molar-refractivity contribution is -0.147. The highest BCUT2D eigenvalue weighted by Gasteiger charge is 2.33. The van der Waals surface area contributed by atoms with Crippen molar-refractivity contribution in [3.8, 4) is 0 Å². The zero-order valence-electron chi connectivity index (χ0n) is 10.2. The molecule has 1 aromatic rings. The molecule has 1 saturated heterocycles. The number of nitrogens with one attached hydrogen (secondary N) is 1. The topological polar surface area (TPSA) is 86.7 Å². The number of thiophene rings is 1. The second-order valence-electron chi connectivity index (χ2n) is 4.24. The van der Waals surface area contributed by atoms with Gasteiger partial charge in [0.15, 0.2) is 0 Å². The van der Waals surface area contributed by atoms with Gasteiger partial charge in [0.2, 0.25) is 5.91 Å². The number of carboxylic acids is 1. The summed E-state index contributed by atoms with van der Waals surface area (Å²) in [7, 11) is 0. The van der Waals surface area contributed by atoms with Gasteiger partial charge in [-0.1, -0.05) is 6.07 Å². The fourth-order valence-corrected chi connectivity index (χ4v) is 2.71. The normalized spacial score (nSPS) is 18.3. The number of aliphatic carboxylic acids is 1. The molecule has 1 unspecified atom stereocenters. The lowest BCUT2D eigenvalue weighted by atomic mass is 10.2. The molecule has 6 nitrogen and oxygen atoms in total. The molecule has 19 heavy (non-hydrogen) atoms. The van der Waals surface area contributed by atoms with Gasteiger partial charge in [-0.25, -0.2) is 4.79 Å². The molecule has 0 aliphatic carbocycles. The van der Waals surface area contributed by atoms with Crippen LogP contribution in [0.25, 0.3) is 0 Å². The van der Waals surface area contributed by atoms with Crippen molar-refractivity contribution in [1.82, 2.24) is 10.2 Å². The molecule has 2 rings (SSSR count). The van der Waals surface area contributed by atoms with Crippen LogP contribution < -0.4 is 5.32 Å². The van der Waals surface area contributed by atoms with E-state index >= 15 is 0 Å². The number of carbonyl (C=O) groups excluding carboxylic acids is 2. The molecule has 2 heterocycles. The third-order valence-electron chi connectivity index (χ3n) is 3.00. The van der Waals surface area contributed by atoms with Crippen LogP contribution in [0.1, 0.15) is 22.5 Å². The van der Waals surface area contributed by atoms with E-state index in [1.165, 1.54) is 16.2 Å². The van der Waals surface area contributed by atoms with E-state index in [-0.39, 0.29) is 18.4 Å². The lowest BCUT2D eigenvalue weighted by Gasteiger charge is -2.21. The van der Waals surface area contributed by atoms with E-state index < -0.39 is 12.0 Å². The van der Waals surface area contributed by atoms with Gasteiger partial charge in [-0.3, -0.25) is 9.59 Å². The van der Waals surface area contributed by atoms with Crippen LogP contribution in [0.3, 0.4) is 0 Å². The van der Waals surface area contributed by atoms with Crippen molar-refractivity contribution < 1.29 is 19.5 Å². The Hall–Kier alpha value is -1.89. The van der Waals surface area contributed by atoms with Crippen LogP contribution in [-0.2, 0) is 9.59 Å². The molecular weight excluding hydrogens is 268 g/mol. The SMILES string of the molecule is O=C(NCC(=O)N1CCCC1C(=O)O)c1cccs1. The molecule has 1 aliphatic heterocycles. The number of amides is 2. The van der Waals surface area contributed by atoms with Crippen LogP contribution in [0.15, 0.2) is 17.5 Å². The van der Waals surface area contributed by atoms with Crippen molar-refractivity contribution >= 4 is 29.1 Å². The molecule has 2 amide bonds. The molecule has 102 valence electrons. The van der Waals surface area contributed by atoms with Gasteiger partial charge in [0.25, 0.3) is 5.91 Å². The number of carboxylic acid groups (broad SMARTS) is 1. The summed E-state index contributed by atoms with van der Waals surface area (Å²) in [5.41, 5.74) is 0. The van der Waals surface area contributed by atoms with Gasteiger partial charge >= 0.3 is 5.97 Å². The van der Waals surface area contributed by atoms with Crippen molar-refractivity contribution in [2.24, 2.45) is 0 Å². The van der Waals surface area contributed by atoms with Crippen LogP contribution in [0, 0.1) is 0 Å². The summed E-state index contributed by atoms with van der Waals surface area (Å²) < 4.78 is 0. The molecule has 2 N–H and O–H groups in total. The van der Waals surface area contributed by atoms with E-state index in [1.54, 1.807) is 17.5 Å². The minimum Gasteiger partial charge on any atom is -0.480 e. The lowest BCUT2D eigenvalue weighted by Crippen LogP contribution is -2.45. The van der Waals surface area contributed by atoms with E-state index in [2.05, 4.69) is 5.32 Å². The highest BCUT2D eigenvalue weighted by atomic mass is 32.1. The first kappa shape index (κ1) is 13.5. The first-order chi connectivity index (χ1) is 9.09. The van der Waals surface area contributed by atoms with E-state index in [0.29, 0.717) is 24.3 Å². The second kappa shape index (κ2) is 5.83. The number of likely N-dealkylation sites (tertiary alicyclic amines) is 1. The van der Waals surface area contributed by atoms with Gasteiger partial charge in [0.1, 0.15) is 6.04 Å². The molecule has 0 aromatic carbocycles. The van der Waals surface area contributed by atoms with Crippen molar-refractivity contribution in [3.63, 3.8) is 0 Å². The third-order valence-corrected chi connectivity index (χ3v) is 3.87. The van der Waals surface area contributed by atoms with Gasteiger partial charge in [-0.05, 0) is 24.3 Å². The summed E-state index contributed by atoms with van der Waals surface area (Å²) in [4.78, 5) is 36.3. The largest absolute Gasteiger partial charge is 0.480 e. The molecule has 1 atom stereocenters. The Balaban J connectivity index is 1.88. The van der Waals surface area contributed by atoms with Gasteiger partial charge in [-0.15, -0.1) is 11.3 Å². The summed E-state index contributed by atoms with van der Waals surface area (Å²) >= 11 is 1.29. The summed E-state index contributed by atoms with van der Waals surface area (Å²) in [6.07, 6.45) is 1.15. The summed E-state index contributed by atoms with van der Waals surface area (Å²) in [5, 5.41) is 13.3. The van der Waals surface area contributed by atoms with E-state index in [0.717, 1.165) is 0 Å². The fraction of sp³-hybridized carbons (Fsp3) is 0.417. The van der Waals surface area contributed by atoms with E-state index in [1.807, 2.05) is 0 Å². The molecule has 1 fully saturated rings. The molecular formula is C12H14N2O4S. The Morgan fingerprint density at radius 3 is 2.89 bits per heavy atom. The minimum atomic E-state index is -0.990. The average Bonchev–Trinajstić information content (AvgIpc) is 3.04. The molecule has 0 bridgehead atoms. The first-order valence-electron chi connectivity index (χ1n) is 5.93. The highest BCUT2D eigenvalue weighted by molar-refractivity contribution is 7.12. The molecule has 7 heteroatoms. The number of carbonyl (C=O) groups is 3. The van der Waals surface area contributed by atoms with Crippen LogP contribution in [0.2, 0.25) is 0 Å². The predicted octanol–water partition coefficient (Wildman–Crippen LogP) is 0.554. The van der Waals surface area contributed by atoms with Crippen molar-refractivity contribution in [2.45, 2.75) is 18.9 Å². The first-order valence-corrected chi connectivity index (χ1v) is 6.81. The van der Waals surface area contributed by atoms with Gasteiger partial charge in [0.05, 0.1) is 11.4 Å². The van der Waals surface area contributed by atoms with Gasteiger partial charge in [0, 0.05) is 6.54 Å². The average molecular weight is 282 g/mol. The monoisotopic (exact) mass is 282 g/mol. The maximum Gasteiger partial charge on any atom is 0.326 e. The highest BCUT2D eigenvalue weighted by Crippen LogP contribution is 2.17. The van der Waals surface area contributed by atoms with Crippen LogP contribution in [0.5, 0.6) is 0 Å². The number of nitrogens with zero attached hydrogens (tertiary/aromatic N) is 1. The summed E-state index contributed by atoms with van der Waals surface area (Å²) in [6.45, 7) is 0.269.